The quantitative estimate of drug-likeness (QED) is 0.634. The first-order valence-corrected chi connectivity index (χ1v) is 9.95. The summed E-state index contributed by atoms with van der Waals surface area (Å²) < 4.78 is 11.2. The van der Waals surface area contributed by atoms with Gasteiger partial charge in [-0.25, -0.2) is 0 Å². The summed E-state index contributed by atoms with van der Waals surface area (Å²) in [7, 11) is 1.64. The zero-order chi connectivity index (χ0) is 19.8. The highest BCUT2D eigenvalue weighted by Gasteiger charge is 2.22. The Hall–Kier alpha value is -2.71. The molecule has 0 radical (unpaired) electrons. The number of benzene rings is 2. The highest BCUT2D eigenvalue weighted by Crippen LogP contribution is 2.30. The van der Waals surface area contributed by atoms with Gasteiger partial charge in [-0.1, -0.05) is 24.3 Å². The van der Waals surface area contributed by atoms with E-state index in [-0.39, 0.29) is 0 Å². The average Bonchev–Trinajstić information content (AvgIpc) is 3.15. The summed E-state index contributed by atoms with van der Waals surface area (Å²) in [5, 5.41) is 12.2. The van der Waals surface area contributed by atoms with Gasteiger partial charge in [0.1, 0.15) is 0 Å². The van der Waals surface area contributed by atoms with Gasteiger partial charge < -0.3 is 19.7 Å². The van der Waals surface area contributed by atoms with Crippen LogP contribution in [0.3, 0.4) is 0 Å². The topological polar surface area (TPSA) is 57.5 Å². The molecule has 148 valence electrons. The number of rotatable bonds is 10. The van der Waals surface area contributed by atoms with Crippen molar-refractivity contribution in [3.05, 3.63) is 53.6 Å². The van der Waals surface area contributed by atoms with E-state index < -0.39 is 0 Å². The van der Waals surface area contributed by atoms with E-state index in [1.807, 2.05) is 12.1 Å². The van der Waals surface area contributed by atoms with Gasteiger partial charge in [0.2, 0.25) is 0 Å². The van der Waals surface area contributed by atoms with Crippen LogP contribution in [0.25, 0.3) is 0 Å². The summed E-state index contributed by atoms with van der Waals surface area (Å²) >= 11 is 0. The molecule has 0 bridgehead atoms. The predicted octanol–water partition coefficient (Wildman–Crippen LogP) is 3.92. The van der Waals surface area contributed by atoms with Crippen LogP contribution in [-0.4, -0.2) is 32.8 Å². The van der Waals surface area contributed by atoms with E-state index in [2.05, 4.69) is 53.5 Å². The van der Waals surface area contributed by atoms with Gasteiger partial charge in [0.25, 0.3) is 0 Å². The van der Waals surface area contributed by atoms with Crippen molar-refractivity contribution in [2.45, 2.75) is 38.8 Å². The maximum atomic E-state index is 8.64. The Morgan fingerprint density at radius 3 is 2.89 bits per heavy atom. The van der Waals surface area contributed by atoms with Crippen molar-refractivity contribution >= 4 is 5.69 Å². The molecule has 1 unspecified atom stereocenters. The Morgan fingerprint density at radius 1 is 1.21 bits per heavy atom. The maximum absolute atomic E-state index is 8.64. The van der Waals surface area contributed by atoms with E-state index in [1.165, 1.54) is 11.3 Å². The van der Waals surface area contributed by atoms with Gasteiger partial charge in [-0.2, -0.15) is 5.26 Å². The second-order valence-electron chi connectivity index (χ2n) is 7.15. The molecule has 0 aromatic heterocycles. The molecular formula is C23H29N3O2. The molecule has 1 N–H and O–H groups in total. The largest absolute Gasteiger partial charge is 0.493 e. The molecule has 0 aliphatic carbocycles. The number of methoxy groups -OCH3 is 1. The van der Waals surface area contributed by atoms with Gasteiger partial charge in [-0.3, -0.25) is 0 Å². The van der Waals surface area contributed by atoms with Gasteiger partial charge >= 0.3 is 0 Å². The van der Waals surface area contributed by atoms with E-state index in [4.69, 9.17) is 14.7 Å². The smallest absolute Gasteiger partial charge is 0.161 e. The number of anilines is 1. The molecule has 0 fully saturated rings. The summed E-state index contributed by atoms with van der Waals surface area (Å²) in [6.45, 7) is 5.57. The number of nitrogens with zero attached hydrogens (tertiary/aromatic N) is 2. The van der Waals surface area contributed by atoms with Crippen LogP contribution in [0.15, 0.2) is 42.5 Å². The minimum absolute atomic E-state index is 0.434. The highest BCUT2D eigenvalue weighted by molar-refractivity contribution is 5.58. The molecule has 1 heterocycles. The molecule has 0 spiro atoms. The van der Waals surface area contributed by atoms with Crippen molar-refractivity contribution in [3.63, 3.8) is 0 Å². The Bertz CT molecular complexity index is 816. The fraction of sp³-hybridized carbons (Fsp3) is 0.435. The average molecular weight is 380 g/mol. The molecule has 1 atom stereocenters. The Balaban J connectivity index is 1.52. The van der Waals surface area contributed by atoms with Crippen molar-refractivity contribution in [1.29, 1.82) is 5.26 Å². The maximum Gasteiger partial charge on any atom is 0.161 e. The molecule has 0 amide bonds. The lowest BCUT2D eigenvalue weighted by Crippen LogP contribution is -2.39. The van der Waals surface area contributed by atoms with Crippen LogP contribution in [0.4, 0.5) is 5.69 Å². The molecule has 1 aliphatic heterocycles. The Morgan fingerprint density at radius 2 is 2.07 bits per heavy atom. The zero-order valence-corrected chi connectivity index (χ0v) is 16.8. The molecule has 28 heavy (non-hydrogen) atoms. The molecule has 2 aromatic carbocycles. The SMILES string of the molecule is COc1ccc(CNCC(C)N2CCc3ccccc32)cc1OCCCC#N. The third kappa shape index (κ3) is 4.96. The fourth-order valence-corrected chi connectivity index (χ4v) is 3.63. The van der Waals surface area contributed by atoms with Crippen molar-refractivity contribution in [2.75, 3.05) is 31.7 Å². The molecule has 1 aliphatic rings. The molecule has 5 heteroatoms. The van der Waals surface area contributed by atoms with Gasteiger partial charge in [-0.05, 0) is 49.1 Å². The third-order valence-electron chi connectivity index (χ3n) is 5.14. The number of ether oxygens (including phenoxy) is 2. The van der Waals surface area contributed by atoms with Gasteiger partial charge in [0, 0.05) is 37.8 Å². The summed E-state index contributed by atoms with van der Waals surface area (Å²) in [4.78, 5) is 2.49. The third-order valence-corrected chi connectivity index (χ3v) is 5.14. The number of hydrogen-bond donors (Lipinski definition) is 1. The monoisotopic (exact) mass is 379 g/mol. The lowest BCUT2D eigenvalue weighted by atomic mass is 10.1. The van der Waals surface area contributed by atoms with Gasteiger partial charge in [-0.15, -0.1) is 0 Å². The van der Waals surface area contributed by atoms with Crippen LogP contribution in [0.5, 0.6) is 11.5 Å². The summed E-state index contributed by atoms with van der Waals surface area (Å²) in [6, 6.07) is 17.3. The second kappa shape index (κ2) is 10.0. The molecule has 5 nitrogen and oxygen atoms in total. The van der Waals surface area contributed by atoms with Gasteiger partial charge in [0.15, 0.2) is 11.5 Å². The van der Waals surface area contributed by atoms with Crippen LogP contribution in [0, 0.1) is 11.3 Å². The number of fused-ring (bicyclic) bond motifs is 1. The molecular weight excluding hydrogens is 350 g/mol. The molecule has 0 saturated carbocycles. The number of nitriles is 1. The van der Waals surface area contributed by atoms with E-state index in [9.17, 15) is 0 Å². The van der Waals surface area contributed by atoms with Crippen LogP contribution >= 0.6 is 0 Å². The zero-order valence-electron chi connectivity index (χ0n) is 16.8. The van der Waals surface area contributed by atoms with Crippen LogP contribution < -0.4 is 19.7 Å². The Labute approximate surface area is 167 Å². The van der Waals surface area contributed by atoms with Crippen LogP contribution in [0.1, 0.15) is 30.9 Å². The minimum atomic E-state index is 0.434. The van der Waals surface area contributed by atoms with Crippen molar-refractivity contribution in [2.24, 2.45) is 0 Å². The molecule has 3 rings (SSSR count). The normalized spacial score (nSPS) is 13.7. The lowest BCUT2D eigenvalue weighted by molar-refractivity contribution is 0.290. The summed E-state index contributed by atoms with van der Waals surface area (Å²) in [5.41, 5.74) is 3.97. The van der Waals surface area contributed by atoms with Gasteiger partial charge in [0.05, 0.1) is 19.8 Å². The number of hydrogen-bond acceptors (Lipinski definition) is 5. The predicted molar refractivity (Wildman–Crippen MR) is 112 cm³/mol. The number of nitrogens with one attached hydrogen (secondary N) is 1. The number of unbranched alkanes of at least 4 members (excludes halogenated alkanes) is 1. The van der Waals surface area contributed by atoms with E-state index in [1.54, 1.807) is 7.11 Å². The van der Waals surface area contributed by atoms with E-state index >= 15 is 0 Å². The molecule has 0 saturated heterocycles. The highest BCUT2D eigenvalue weighted by atomic mass is 16.5. The summed E-state index contributed by atoms with van der Waals surface area (Å²) in [6.07, 6.45) is 2.35. The standard InChI is InChI=1S/C23H29N3O2/c1-18(26-13-11-20-7-3-4-8-21(20)26)16-25-17-19-9-10-22(27-2)23(15-19)28-14-6-5-12-24/h3-4,7-10,15,18,25H,5-6,11,13-14,16-17H2,1-2H3. The first-order valence-electron chi connectivity index (χ1n) is 9.95. The minimum Gasteiger partial charge on any atom is -0.493 e. The Kier molecular flexibility index (Phi) is 7.16. The first-order chi connectivity index (χ1) is 13.7. The van der Waals surface area contributed by atoms with Crippen molar-refractivity contribution in [3.8, 4) is 17.6 Å². The van der Waals surface area contributed by atoms with Crippen LogP contribution in [-0.2, 0) is 13.0 Å². The van der Waals surface area contributed by atoms with Crippen molar-refractivity contribution in [1.82, 2.24) is 5.32 Å². The first kappa shape index (κ1) is 20.0. The molecule has 2 aromatic rings. The van der Waals surface area contributed by atoms with Crippen molar-refractivity contribution < 1.29 is 9.47 Å². The summed E-state index contributed by atoms with van der Waals surface area (Å²) in [5.74, 6) is 1.46. The van der Waals surface area contributed by atoms with E-state index in [0.29, 0.717) is 19.1 Å². The second-order valence-corrected chi connectivity index (χ2v) is 7.15. The number of para-hydroxylation sites is 1. The van der Waals surface area contributed by atoms with Crippen LogP contribution in [0.2, 0.25) is 0 Å². The van der Waals surface area contributed by atoms with E-state index in [0.717, 1.165) is 49.5 Å². The lowest BCUT2D eigenvalue weighted by Gasteiger charge is -2.27. The fourth-order valence-electron chi connectivity index (χ4n) is 3.63.